The number of carbonyl (C=O) groups is 1. The van der Waals surface area contributed by atoms with Gasteiger partial charge in [0.15, 0.2) is 10.9 Å². The quantitative estimate of drug-likeness (QED) is 0.336. The summed E-state index contributed by atoms with van der Waals surface area (Å²) in [6, 6.07) is 15.0. The van der Waals surface area contributed by atoms with Crippen LogP contribution in [0.25, 0.3) is 0 Å². The highest BCUT2D eigenvalue weighted by Crippen LogP contribution is 2.20. The summed E-state index contributed by atoms with van der Waals surface area (Å²) < 4.78 is 6.65. The van der Waals surface area contributed by atoms with Crippen LogP contribution in [0.3, 0.4) is 0 Å². The number of thioether (sulfide) groups is 1. The molecule has 0 aliphatic carbocycles. The molecule has 0 radical (unpaired) electrons. The van der Waals surface area contributed by atoms with Crippen molar-refractivity contribution in [3.8, 4) is 5.75 Å². The van der Waals surface area contributed by atoms with Gasteiger partial charge in [0.05, 0.1) is 12.9 Å². The molecule has 0 amide bonds. The summed E-state index contributed by atoms with van der Waals surface area (Å²) in [4.78, 5) is 30.0. The number of benzene rings is 2. The van der Waals surface area contributed by atoms with Crippen molar-refractivity contribution in [2.24, 2.45) is 7.05 Å². The fourth-order valence-corrected chi connectivity index (χ4v) is 3.96. The van der Waals surface area contributed by atoms with Crippen LogP contribution in [0.15, 0.2) is 58.5 Å². The van der Waals surface area contributed by atoms with E-state index in [0.29, 0.717) is 34.1 Å². The second kappa shape index (κ2) is 9.09. The van der Waals surface area contributed by atoms with Crippen LogP contribution in [0, 0.1) is 13.8 Å². The molecule has 0 bridgehead atoms. The van der Waals surface area contributed by atoms with E-state index in [4.69, 9.17) is 4.74 Å². The smallest absolute Gasteiger partial charge is 0.257 e. The van der Waals surface area contributed by atoms with Crippen LogP contribution < -0.4 is 10.3 Å². The highest BCUT2D eigenvalue weighted by atomic mass is 32.2. The molecule has 6 heteroatoms. The lowest BCUT2D eigenvalue weighted by atomic mass is 10.0. The van der Waals surface area contributed by atoms with Gasteiger partial charge in [-0.3, -0.25) is 14.2 Å². The highest BCUT2D eigenvalue weighted by molar-refractivity contribution is 7.99. The Kier molecular flexibility index (Phi) is 6.54. The standard InChI is InChI=1S/C23H24N2O3S/c1-15-7-5-6-8-18(15)13-20-16(2)24-23(25(3)22(20)27)29-14-21(26)17-9-11-19(28-4)12-10-17/h5-12H,13-14H2,1-4H3. The average Bonchev–Trinajstić information content (AvgIpc) is 2.73. The normalized spacial score (nSPS) is 10.8. The van der Waals surface area contributed by atoms with E-state index >= 15 is 0 Å². The summed E-state index contributed by atoms with van der Waals surface area (Å²) >= 11 is 1.28. The molecule has 0 aliphatic heterocycles. The first-order valence-corrected chi connectivity index (χ1v) is 10.3. The first kappa shape index (κ1) is 20.9. The van der Waals surface area contributed by atoms with Crippen molar-refractivity contribution in [2.45, 2.75) is 25.4 Å². The Balaban J connectivity index is 1.77. The van der Waals surface area contributed by atoms with Gasteiger partial charge in [0, 0.05) is 30.3 Å². The summed E-state index contributed by atoms with van der Waals surface area (Å²) in [5, 5.41) is 0.544. The number of ketones is 1. The van der Waals surface area contributed by atoms with Crippen LogP contribution >= 0.6 is 11.8 Å². The summed E-state index contributed by atoms with van der Waals surface area (Å²) in [5.41, 5.74) is 4.20. The second-order valence-electron chi connectivity index (χ2n) is 6.87. The van der Waals surface area contributed by atoms with Crippen molar-refractivity contribution in [2.75, 3.05) is 12.9 Å². The van der Waals surface area contributed by atoms with Gasteiger partial charge in [0.1, 0.15) is 5.75 Å². The van der Waals surface area contributed by atoms with Crippen molar-refractivity contribution < 1.29 is 9.53 Å². The van der Waals surface area contributed by atoms with E-state index in [2.05, 4.69) is 4.98 Å². The summed E-state index contributed by atoms with van der Waals surface area (Å²) in [5.74, 6) is 0.898. The van der Waals surface area contributed by atoms with Gasteiger partial charge in [-0.05, 0) is 49.2 Å². The third-order valence-corrected chi connectivity index (χ3v) is 5.95. The largest absolute Gasteiger partial charge is 0.497 e. The molecule has 0 fully saturated rings. The van der Waals surface area contributed by atoms with Gasteiger partial charge in [-0.1, -0.05) is 36.0 Å². The molecule has 29 heavy (non-hydrogen) atoms. The van der Waals surface area contributed by atoms with E-state index in [1.54, 1.807) is 38.4 Å². The molecule has 0 atom stereocenters. The lowest BCUT2D eigenvalue weighted by Crippen LogP contribution is -2.26. The number of carbonyl (C=O) groups excluding carboxylic acids is 1. The van der Waals surface area contributed by atoms with Crippen LogP contribution in [-0.4, -0.2) is 28.2 Å². The lowest BCUT2D eigenvalue weighted by molar-refractivity contribution is 0.102. The molecule has 0 N–H and O–H groups in total. The Bertz CT molecular complexity index is 1090. The van der Waals surface area contributed by atoms with Gasteiger partial charge in [-0.25, -0.2) is 4.98 Å². The fraction of sp³-hybridized carbons (Fsp3) is 0.261. The van der Waals surface area contributed by atoms with Crippen molar-refractivity contribution in [1.29, 1.82) is 0 Å². The number of rotatable bonds is 7. The molecule has 0 aliphatic rings. The molecule has 2 aromatic carbocycles. The number of ether oxygens (including phenoxy) is 1. The van der Waals surface area contributed by atoms with Gasteiger partial charge in [-0.2, -0.15) is 0 Å². The fourth-order valence-electron chi connectivity index (χ4n) is 3.05. The zero-order chi connectivity index (χ0) is 21.0. The molecule has 1 heterocycles. The summed E-state index contributed by atoms with van der Waals surface area (Å²) in [6.07, 6.45) is 0.550. The number of methoxy groups -OCH3 is 1. The molecule has 0 saturated carbocycles. The van der Waals surface area contributed by atoms with E-state index in [-0.39, 0.29) is 17.1 Å². The maximum atomic E-state index is 12.9. The first-order chi connectivity index (χ1) is 13.9. The van der Waals surface area contributed by atoms with E-state index in [9.17, 15) is 9.59 Å². The number of nitrogens with zero attached hydrogens (tertiary/aromatic N) is 2. The Labute approximate surface area is 174 Å². The first-order valence-electron chi connectivity index (χ1n) is 9.31. The highest BCUT2D eigenvalue weighted by Gasteiger charge is 2.15. The number of Topliss-reactive ketones (excluding diaryl/α,β-unsaturated/α-hetero) is 1. The molecule has 0 unspecified atom stereocenters. The monoisotopic (exact) mass is 408 g/mol. The molecule has 150 valence electrons. The van der Waals surface area contributed by atoms with Crippen molar-refractivity contribution in [3.05, 3.63) is 86.8 Å². The Morgan fingerprint density at radius 2 is 1.79 bits per heavy atom. The zero-order valence-electron chi connectivity index (χ0n) is 17.1. The third kappa shape index (κ3) is 4.77. The number of aryl methyl sites for hydroxylation is 2. The summed E-state index contributed by atoms with van der Waals surface area (Å²) in [7, 11) is 3.29. The van der Waals surface area contributed by atoms with Crippen molar-refractivity contribution in [1.82, 2.24) is 9.55 Å². The minimum Gasteiger partial charge on any atom is -0.497 e. The average molecular weight is 409 g/mol. The molecular formula is C23H24N2O3S. The van der Waals surface area contributed by atoms with Crippen LogP contribution in [-0.2, 0) is 13.5 Å². The maximum absolute atomic E-state index is 12.9. The maximum Gasteiger partial charge on any atom is 0.257 e. The van der Waals surface area contributed by atoms with Gasteiger partial charge in [-0.15, -0.1) is 0 Å². The van der Waals surface area contributed by atoms with Crippen LogP contribution in [0.5, 0.6) is 5.75 Å². The minimum atomic E-state index is -0.0693. The topological polar surface area (TPSA) is 61.2 Å². The molecule has 3 aromatic rings. The minimum absolute atomic E-state index is 0.0199. The molecule has 5 nitrogen and oxygen atoms in total. The van der Waals surface area contributed by atoms with E-state index in [1.807, 2.05) is 38.1 Å². The predicted octanol–water partition coefficient (Wildman–Crippen LogP) is 3.97. The van der Waals surface area contributed by atoms with Gasteiger partial charge >= 0.3 is 0 Å². The van der Waals surface area contributed by atoms with Crippen molar-refractivity contribution >= 4 is 17.5 Å². The van der Waals surface area contributed by atoms with Crippen molar-refractivity contribution in [3.63, 3.8) is 0 Å². The molecular weight excluding hydrogens is 384 g/mol. The Hall–Kier alpha value is -2.86. The van der Waals surface area contributed by atoms with E-state index in [1.165, 1.54) is 16.3 Å². The number of aromatic nitrogens is 2. The van der Waals surface area contributed by atoms with Gasteiger partial charge in [0.25, 0.3) is 5.56 Å². The van der Waals surface area contributed by atoms with E-state index in [0.717, 1.165) is 11.1 Å². The third-order valence-electron chi connectivity index (χ3n) is 4.92. The molecule has 3 rings (SSSR count). The van der Waals surface area contributed by atoms with E-state index < -0.39 is 0 Å². The SMILES string of the molecule is COc1ccc(C(=O)CSc2nc(C)c(Cc3ccccc3C)c(=O)n2C)cc1. The Morgan fingerprint density at radius 1 is 1.10 bits per heavy atom. The van der Waals surface area contributed by atoms with Crippen LogP contribution in [0.1, 0.15) is 32.7 Å². The van der Waals surface area contributed by atoms with Crippen LogP contribution in [0.2, 0.25) is 0 Å². The van der Waals surface area contributed by atoms with Crippen LogP contribution in [0.4, 0.5) is 0 Å². The van der Waals surface area contributed by atoms with Gasteiger partial charge < -0.3 is 4.74 Å². The molecule has 0 spiro atoms. The van der Waals surface area contributed by atoms with Gasteiger partial charge in [0.2, 0.25) is 0 Å². The summed E-state index contributed by atoms with van der Waals surface area (Å²) in [6.45, 7) is 3.89. The number of hydrogen-bond acceptors (Lipinski definition) is 5. The molecule has 0 saturated heterocycles. The Morgan fingerprint density at radius 3 is 2.45 bits per heavy atom. The molecule has 1 aromatic heterocycles. The second-order valence-corrected chi connectivity index (χ2v) is 7.81. The lowest BCUT2D eigenvalue weighted by Gasteiger charge is -2.13. The zero-order valence-corrected chi connectivity index (χ0v) is 17.9. The predicted molar refractivity (Wildman–Crippen MR) is 116 cm³/mol. The number of hydrogen-bond donors (Lipinski definition) is 0.